The summed E-state index contributed by atoms with van der Waals surface area (Å²) in [5, 5.41) is 39.2. The number of carboxylic acid groups (broad SMARTS) is 3. The fraction of sp³-hybridized carbons (Fsp3) is 0.0500. The Morgan fingerprint density at radius 3 is 0.371 bits per heavy atom. The molecule has 0 atom stereocenters. The fourth-order valence-corrected chi connectivity index (χ4v) is 13.5. The standard InChI is InChI=1S/3C18H15P.3C2H4O2.Ru/c3*1-4-10-16(11-5-1)19(17-12-6-2-7-13-17)18-14-8-3-9-15-18;3*1-2(3)4;/h3*1-15H;3*1H3,(H,3,4);/q;;;;;;+3/p-3. The number of aliphatic carboxylic acids is 3. The molecule has 0 aliphatic rings. The molecule has 9 aromatic carbocycles. The minimum absolute atomic E-state index is 0. The van der Waals surface area contributed by atoms with Gasteiger partial charge in [-0.1, -0.05) is 273 Å². The van der Waals surface area contributed by atoms with Crippen molar-refractivity contribution in [3.8, 4) is 0 Å². The van der Waals surface area contributed by atoms with Gasteiger partial charge < -0.3 is 29.7 Å². The van der Waals surface area contributed by atoms with Crippen LogP contribution in [0.2, 0.25) is 0 Å². The molecule has 0 fully saturated rings. The van der Waals surface area contributed by atoms with Crippen LogP contribution in [-0.4, -0.2) is 17.9 Å². The second kappa shape index (κ2) is 33.7. The van der Waals surface area contributed by atoms with Crippen LogP contribution in [0.25, 0.3) is 0 Å². The van der Waals surface area contributed by atoms with Gasteiger partial charge in [-0.05, 0) is 92.3 Å². The molecular formula is C60H54O6P3Ru. The largest absolute Gasteiger partial charge is 3.00 e. The third kappa shape index (κ3) is 21.7. The third-order valence-corrected chi connectivity index (χ3v) is 16.5. The molecule has 0 aliphatic carbocycles. The average molecular weight is 1070 g/mol. The van der Waals surface area contributed by atoms with Crippen LogP contribution in [0.1, 0.15) is 20.8 Å². The van der Waals surface area contributed by atoms with Gasteiger partial charge in [0.15, 0.2) is 0 Å². The molecule has 0 aromatic heterocycles. The molecule has 0 bridgehead atoms. The van der Waals surface area contributed by atoms with Crippen molar-refractivity contribution < 1.29 is 49.2 Å². The summed E-state index contributed by atoms with van der Waals surface area (Å²) in [7, 11) is -1.34. The Bertz CT molecular complexity index is 2160. The minimum atomic E-state index is -1.08. The monoisotopic (exact) mass is 1070 g/mol. The molecular weight excluding hydrogens is 1010 g/mol. The zero-order valence-corrected chi connectivity index (χ0v) is 43.5. The molecule has 0 N–H and O–H groups in total. The molecule has 0 spiro atoms. The van der Waals surface area contributed by atoms with Gasteiger partial charge in [-0.25, -0.2) is 0 Å². The van der Waals surface area contributed by atoms with Gasteiger partial charge in [0.05, 0.1) is 0 Å². The molecule has 0 aliphatic heterocycles. The first-order valence-corrected chi connectivity index (χ1v) is 26.0. The van der Waals surface area contributed by atoms with E-state index in [4.69, 9.17) is 29.7 Å². The average Bonchev–Trinajstić information content (AvgIpc) is 3.37. The van der Waals surface area contributed by atoms with Crippen LogP contribution >= 0.6 is 23.8 Å². The van der Waals surface area contributed by atoms with E-state index in [9.17, 15) is 0 Å². The number of carboxylic acids is 3. The first-order chi connectivity index (χ1) is 33.5. The summed E-state index contributed by atoms with van der Waals surface area (Å²) in [6.07, 6.45) is 0. The predicted molar refractivity (Wildman–Crippen MR) is 287 cm³/mol. The van der Waals surface area contributed by atoms with Crippen LogP contribution in [0, 0.1) is 0 Å². The van der Waals surface area contributed by atoms with E-state index in [1.807, 2.05) is 0 Å². The maximum Gasteiger partial charge on any atom is 3.00 e. The normalized spacial score (nSPS) is 9.69. The number of carbonyl (C=O) groups excluding carboxylic acids is 3. The number of benzene rings is 9. The molecule has 1 radical (unpaired) electrons. The van der Waals surface area contributed by atoms with Crippen molar-refractivity contribution in [1.29, 1.82) is 0 Å². The van der Waals surface area contributed by atoms with Crippen LogP contribution in [0.5, 0.6) is 0 Å². The molecule has 0 unspecified atom stereocenters. The quantitative estimate of drug-likeness (QED) is 0.119. The van der Waals surface area contributed by atoms with Crippen LogP contribution in [0.3, 0.4) is 0 Å². The van der Waals surface area contributed by atoms with E-state index >= 15 is 0 Å². The second-order valence-corrected chi connectivity index (χ2v) is 21.2. The fourth-order valence-electron chi connectivity index (χ4n) is 6.54. The van der Waals surface area contributed by atoms with Crippen LogP contribution < -0.4 is 63.1 Å². The van der Waals surface area contributed by atoms with Gasteiger partial charge in [-0.15, -0.1) is 0 Å². The van der Waals surface area contributed by atoms with Crippen molar-refractivity contribution in [1.82, 2.24) is 0 Å². The van der Waals surface area contributed by atoms with Crippen LogP contribution in [0.4, 0.5) is 0 Å². The molecule has 0 saturated carbocycles. The predicted octanol–water partition coefficient (Wildman–Crippen LogP) is 6.60. The Balaban J connectivity index is 0.000000247. The van der Waals surface area contributed by atoms with Crippen LogP contribution in [-0.2, 0) is 33.9 Å². The van der Waals surface area contributed by atoms with Crippen molar-refractivity contribution in [3.63, 3.8) is 0 Å². The van der Waals surface area contributed by atoms with E-state index < -0.39 is 41.7 Å². The Labute approximate surface area is 429 Å². The molecule has 9 rings (SSSR count). The van der Waals surface area contributed by atoms with E-state index in [1.54, 1.807) is 0 Å². The van der Waals surface area contributed by atoms with Crippen molar-refractivity contribution in [2.75, 3.05) is 0 Å². The minimum Gasteiger partial charge on any atom is -0.550 e. The number of hydrogen-bond donors (Lipinski definition) is 0. The van der Waals surface area contributed by atoms with Gasteiger partial charge in [0.25, 0.3) is 0 Å². The zero-order valence-electron chi connectivity index (χ0n) is 39.1. The number of carbonyl (C=O) groups is 3. The molecule has 0 heterocycles. The van der Waals surface area contributed by atoms with E-state index in [0.29, 0.717) is 0 Å². The summed E-state index contributed by atoms with van der Waals surface area (Å²) in [5.74, 6) is -3.25. The Kier molecular flexibility index (Phi) is 27.8. The Hall–Kier alpha value is -6.70. The maximum atomic E-state index is 8.89. The van der Waals surface area contributed by atoms with Crippen molar-refractivity contribution >= 4 is 89.4 Å². The molecule has 70 heavy (non-hydrogen) atoms. The second-order valence-electron chi connectivity index (χ2n) is 14.5. The molecule has 10 heteroatoms. The molecule has 0 saturated heterocycles. The maximum absolute atomic E-state index is 8.89. The van der Waals surface area contributed by atoms with E-state index in [1.165, 1.54) is 47.7 Å². The smallest absolute Gasteiger partial charge is 0.550 e. The molecule has 6 nitrogen and oxygen atoms in total. The van der Waals surface area contributed by atoms with Crippen molar-refractivity contribution in [2.24, 2.45) is 0 Å². The van der Waals surface area contributed by atoms with E-state index in [2.05, 4.69) is 273 Å². The first-order valence-electron chi connectivity index (χ1n) is 21.9. The summed E-state index contributed by atoms with van der Waals surface area (Å²) in [4.78, 5) is 26.7. The summed E-state index contributed by atoms with van der Waals surface area (Å²) in [5.41, 5.74) is 0. The summed E-state index contributed by atoms with van der Waals surface area (Å²) < 4.78 is 0. The summed E-state index contributed by atoms with van der Waals surface area (Å²) in [6.45, 7) is 2.92. The van der Waals surface area contributed by atoms with Gasteiger partial charge in [0, 0.05) is 17.9 Å². The Morgan fingerprint density at radius 2 is 0.300 bits per heavy atom. The molecule has 0 amide bonds. The van der Waals surface area contributed by atoms with Gasteiger partial charge >= 0.3 is 19.5 Å². The van der Waals surface area contributed by atoms with Crippen LogP contribution in [0.15, 0.2) is 273 Å². The SMILES string of the molecule is CC(=O)[O-].CC(=O)[O-].CC(=O)[O-].[Ru+3].c1ccc(P(c2ccccc2)c2ccccc2)cc1.c1ccc(P(c2ccccc2)c2ccccc2)cc1.c1ccc(P(c2ccccc2)c2ccccc2)cc1. The topological polar surface area (TPSA) is 120 Å². The molecule has 353 valence electrons. The van der Waals surface area contributed by atoms with Gasteiger partial charge in [-0.2, -0.15) is 0 Å². The van der Waals surface area contributed by atoms with E-state index in [-0.39, 0.29) is 19.5 Å². The summed E-state index contributed by atoms with van der Waals surface area (Å²) >= 11 is 0. The molecule has 9 aromatic rings. The van der Waals surface area contributed by atoms with Gasteiger partial charge in [-0.3, -0.25) is 0 Å². The van der Waals surface area contributed by atoms with Crippen molar-refractivity contribution in [2.45, 2.75) is 20.8 Å². The van der Waals surface area contributed by atoms with Gasteiger partial charge in [0.1, 0.15) is 0 Å². The Morgan fingerprint density at radius 1 is 0.229 bits per heavy atom. The van der Waals surface area contributed by atoms with E-state index in [0.717, 1.165) is 20.8 Å². The van der Waals surface area contributed by atoms with Gasteiger partial charge in [0.2, 0.25) is 0 Å². The number of hydrogen-bond acceptors (Lipinski definition) is 6. The third-order valence-electron chi connectivity index (χ3n) is 9.13. The summed E-state index contributed by atoms with van der Waals surface area (Å²) in [6, 6.07) is 97.0. The number of rotatable bonds is 9. The first kappa shape index (κ1) is 57.6. The van der Waals surface area contributed by atoms with Crippen molar-refractivity contribution in [3.05, 3.63) is 273 Å². The zero-order chi connectivity index (χ0) is 49.5.